The van der Waals surface area contributed by atoms with E-state index in [9.17, 15) is 24.6 Å². The molecule has 3 aromatic rings. The molecule has 0 saturated heterocycles. The number of benzene rings is 3. The van der Waals surface area contributed by atoms with E-state index in [1.807, 2.05) is 36.4 Å². The number of aliphatic hydroxyl groups excluding tert-OH is 1. The Balaban J connectivity index is 2.00. The van der Waals surface area contributed by atoms with Crippen LogP contribution < -0.4 is 10.6 Å². The van der Waals surface area contributed by atoms with Crippen LogP contribution in [-0.2, 0) is 14.3 Å². The number of phenolic OH excluding ortho intramolecular Hbond substituents is 1. The smallest absolute Gasteiger partial charge is 0.408 e. The monoisotopic (exact) mass is 535 g/mol. The standard InChI is InChI=1S/C30H37N3O6/c1-18(2)33(28(37)24(17-34)32-29(38)39-30(4,5)6)26(22-12-14-25(35)19(3)15-22)27(36)31-23-13-11-20-9-7-8-10-21(20)16-23/h7-16,18,24,26,34-35H,17H2,1-6H3,(H,31,36)(H,32,38). The Morgan fingerprint density at radius 1 is 0.974 bits per heavy atom. The van der Waals surface area contributed by atoms with Gasteiger partial charge in [-0.25, -0.2) is 4.79 Å². The van der Waals surface area contributed by atoms with Crippen molar-refractivity contribution in [1.29, 1.82) is 0 Å². The second-order valence-electron chi connectivity index (χ2n) is 10.7. The zero-order valence-corrected chi connectivity index (χ0v) is 23.2. The fraction of sp³-hybridized carbons (Fsp3) is 0.367. The number of hydrogen-bond donors (Lipinski definition) is 4. The second kappa shape index (κ2) is 12.2. The van der Waals surface area contributed by atoms with E-state index in [1.165, 1.54) is 11.0 Å². The number of carbonyl (C=O) groups excluding carboxylic acids is 3. The van der Waals surface area contributed by atoms with E-state index >= 15 is 0 Å². The summed E-state index contributed by atoms with van der Waals surface area (Å²) in [4.78, 5) is 41.4. The fourth-order valence-corrected chi connectivity index (χ4v) is 4.26. The summed E-state index contributed by atoms with van der Waals surface area (Å²) in [6.45, 7) is 9.52. The zero-order chi connectivity index (χ0) is 28.9. The number of phenols is 1. The predicted octanol–water partition coefficient (Wildman–Crippen LogP) is 4.66. The van der Waals surface area contributed by atoms with Crippen molar-refractivity contribution >= 4 is 34.4 Å². The molecule has 0 saturated carbocycles. The highest BCUT2D eigenvalue weighted by Crippen LogP contribution is 2.30. The van der Waals surface area contributed by atoms with E-state index in [4.69, 9.17) is 4.74 Å². The van der Waals surface area contributed by atoms with Gasteiger partial charge in [-0.05, 0) is 87.7 Å². The van der Waals surface area contributed by atoms with Crippen LogP contribution >= 0.6 is 0 Å². The largest absolute Gasteiger partial charge is 0.508 e. The third-order valence-electron chi connectivity index (χ3n) is 6.06. The Kier molecular flexibility index (Phi) is 9.19. The van der Waals surface area contributed by atoms with Crippen molar-refractivity contribution in [1.82, 2.24) is 10.2 Å². The van der Waals surface area contributed by atoms with Crippen LogP contribution in [0.5, 0.6) is 5.75 Å². The van der Waals surface area contributed by atoms with Crippen LogP contribution in [0.2, 0.25) is 0 Å². The molecule has 9 nitrogen and oxygen atoms in total. The molecule has 3 rings (SSSR count). The molecule has 0 aliphatic heterocycles. The number of ether oxygens (including phenoxy) is 1. The third-order valence-corrected chi connectivity index (χ3v) is 6.06. The molecule has 0 spiro atoms. The number of nitrogens with one attached hydrogen (secondary N) is 2. The first-order valence-corrected chi connectivity index (χ1v) is 12.8. The van der Waals surface area contributed by atoms with Crippen molar-refractivity contribution in [2.75, 3.05) is 11.9 Å². The molecule has 2 atom stereocenters. The molecule has 0 aliphatic carbocycles. The topological polar surface area (TPSA) is 128 Å². The highest BCUT2D eigenvalue weighted by molar-refractivity contribution is 6.00. The lowest BCUT2D eigenvalue weighted by molar-refractivity contribution is -0.143. The average molecular weight is 536 g/mol. The van der Waals surface area contributed by atoms with Crippen LogP contribution in [0.4, 0.5) is 10.5 Å². The quantitative estimate of drug-likeness (QED) is 0.332. The minimum absolute atomic E-state index is 0.0506. The molecular weight excluding hydrogens is 498 g/mol. The first kappa shape index (κ1) is 29.4. The summed E-state index contributed by atoms with van der Waals surface area (Å²) in [5.74, 6) is -1.11. The number of nitrogens with zero attached hydrogens (tertiary/aromatic N) is 1. The number of rotatable bonds is 8. The Labute approximate surface area is 228 Å². The van der Waals surface area contributed by atoms with Crippen molar-refractivity contribution in [3.63, 3.8) is 0 Å². The van der Waals surface area contributed by atoms with Crippen LogP contribution in [0, 0.1) is 6.92 Å². The van der Waals surface area contributed by atoms with Crippen molar-refractivity contribution in [3.05, 3.63) is 71.8 Å². The number of anilines is 1. The van der Waals surface area contributed by atoms with Gasteiger partial charge in [-0.1, -0.05) is 36.4 Å². The lowest BCUT2D eigenvalue weighted by Crippen LogP contribution is -2.55. The minimum atomic E-state index is -1.35. The Hall–Kier alpha value is -4.11. The van der Waals surface area contributed by atoms with Gasteiger partial charge in [0, 0.05) is 11.7 Å². The van der Waals surface area contributed by atoms with Crippen LogP contribution in [0.1, 0.15) is 51.8 Å². The molecule has 4 N–H and O–H groups in total. The van der Waals surface area contributed by atoms with E-state index in [2.05, 4.69) is 10.6 Å². The summed E-state index contributed by atoms with van der Waals surface area (Å²) in [7, 11) is 0. The maximum absolute atomic E-state index is 13.9. The maximum atomic E-state index is 13.9. The van der Waals surface area contributed by atoms with Crippen LogP contribution in [0.3, 0.4) is 0 Å². The maximum Gasteiger partial charge on any atom is 0.408 e. The van der Waals surface area contributed by atoms with E-state index in [1.54, 1.807) is 59.7 Å². The summed E-state index contributed by atoms with van der Waals surface area (Å²) in [6.07, 6.45) is -0.865. The molecule has 0 bridgehead atoms. The molecule has 208 valence electrons. The van der Waals surface area contributed by atoms with Gasteiger partial charge >= 0.3 is 6.09 Å². The van der Waals surface area contributed by atoms with Gasteiger partial charge in [0.2, 0.25) is 5.91 Å². The molecule has 0 aliphatic rings. The molecule has 0 heterocycles. The van der Waals surface area contributed by atoms with Crippen LogP contribution in [0.25, 0.3) is 10.8 Å². The first-order chi connectivity index (χ1) is 18.3. The zero-order valence-electron chi connectivity index (χ0n) is 23.2. The molecule has 0 aromatic heterocycles. The Morgan fingerprint density at radius 2 is 1.64 bits per heavy atom. The Morgan fingerprint density at radius 3 is 2.23 bits per heavy atom. The van der Waals surface area contributed by atoms with Crippen LogP contribution in [-0.4, -0.2) is 57.3 Å². The number of carbonyl (C=O) groups is 3. The summed E-state index contributed by atoms with van der Waals surface area (Å²) in [5, 5.41) is 27.4. The van der Waals surface area contributed by atoms with Gasteiger partial charge in [0.25, 0.3) is 5.91 Å². The predicted molar refractivity (Wildman–Crippen MR) is 150 cm³/mol. The van der Waals surface area contributed by atoms with Gasteiger partial charge in [-0.2, -0.15) is 0 Å². The SMILES string of the molecule is Cc1cc(C(C(=O)Nc2ccc3ccccc3c2)N(C(=O)C(CO)NC(=O)OC(C)(C)C)C(C)C)ccc1O. The molecule has 0 fully saturated rings. The highest BCUT2D eigenvalue weighted by Gasteiger charge is 2.38. The average Bonchev–Trinajstić information content (AvgIpc) is 2.85. The van der Waals surface area contributed by atoms with Crippen molar-refractivity contribution < 1.29 is 29.3 Å². The molecule has 9 heteroatoms. The van der Waals surface area contributed by atoms with E-state index in [-0.39, 0.29) is 5.75 Å². The van der Waals surface area contributed by atoms with Gasteiger partial charge in [-0.15, -0.1) is 0 Å². The molecule has 3 amide bonds. The number of hydrogen-bond acceptors (Lipinski definition) is 6. The normalized spacial score (nSPS) is 13.0. The number of amides is 3. The van der Waals surface area contributed by atoms with Gasteiger partial charge in [0.15, 0.2) is 0 Å². The second-order valence-corrected chi connectivity index (χ2v) is 10.7. The fourth-order valence-electron chi connectivity index (χ4n) is 4.26. The summed E-state index contributed by atoms with van der Waals surface area (Å²) < 4.78 is 5.26. The number of aliphatic hydroxyl groups is 1. The summed E-state index contributed by atoms with van der Waals surface area (Å²) in [5.41, 5.74) is 0.717. The highest BCUT2D eigenvalue weighted by atomic mass is 16.6. The van der Waals surface area contributed by atoms with Gasteiger partial charge in [-0.3, -0.25) is 9.59 Å². The number of alkyl carbamates (subject to hydrolysis) is 1. The molecule has 3 aromatic carbocycles. The molecular formula is C30H37N3O6. The number of fused-ring (bicyclic) bond motifs is 1. The lowest BCUT2D eigenvalue weighted by atomic mass is 9.98. The summed E-state index contributed by atoms with van der Waals surface area (Å²) in [6, 6.07) is 14.9. The number of aromatic hydroxyl groups is 1. The molecule has 0 radical (unpaired) electrons. The minimum Gasteiger partial charge on any atom is -0.508 e. The molecule has 2 unspecified atom stereocenters. The van der Waals surface area contributed by atoms with Crippen molar-refractivity contribution in [2.45, 2.75) is 65.3 Å². The Bertz CT molecular complexity index is 1350. The summed E-state index contributed by atoms with van der Waals surface area (Å²) >= 11 is 0. The number of aryl methyl sites for hydroxylation is 1. The molecule has 39 heavy (non-hydrogen) atoms. The van der Waals surface area contributed by atoms with Gasteiger partial charge < -0.3 is 30.5 Å². The van der Waals surface area contributed by atoms with E-state index in [0.717, 1.165) is 10.8 Å². The lowest BCUT2D eigenvalue weighted by Gasteiger charge is -2.37. The van der Waals surface area contributed by atoms with E-state index in [0.29, 0.717) is 16.8 Å². The van der Waals surface area contributed by atoms with Crippen molar-refractivity contribution in [3.8, 4) is 5.75 Å². The third kappa shape index (κ3) is 7.48. The van der Waals surface area contributed by atoms with Gasteiger partial charge in [0.1, 0.15) is 23.4 Å². The van der Waals surface area contributed by atoms with Crippen LogP contribution in [0.15, 0.2) is 60.7 Å². The van der Waals surface area contributed by atoms with Gasteiger partial charge in [0.05, 0.1) is 6.61 Å². The first-order valence-electron chi connectivity index (χ1n) is 12.8. The van der Waals surface area contributed by atoms with Crippen molar-refractivity contribution in [2.24, 2.45) is 0 Å². The van der Waals surface area contributed by atoms with E-state index < -0.39 is 48.2 Å².